The normalized spacial score (nSPS) is 14.0. The van der Waals surface area contributed by atoms with E-state index in [-0.39, 0.29) is 12.8 Å². The van der Waals surface area contributed by atoms with E-state index in [1.165, 1.54) is 0 Å². The molecule has 14 nitrogen and oxygen atoms in total. The lowest BCUT2D eigenvalue weighted by Crippen LogP contribution is -2.58. The van der Waals surface area contributed by atoms with Crippen LogP contribution < -0.4 is 27.4 Å². The summed E-state index contributed by atoms with van der Waals surface area (Å²) in [5, 5.41) is 34.0. The number of hydrogen-bond donors (Lipinski definition) is 8. The number of primary amides is 1. The zero-order valence-corrected chi connectivity index (χ0v) is 18.7. The minimum Gasteiger partial charge on any atom is -0.481 e. The van der Waals surface area contributed by atoms with Gasteiger partial charge in [0.2, 0.25) is 23.6 Å². The summed E-state index contributed by atoms with van der Waals surface area (Å²) in [5.74, 6) is -6.44. The van der Waals surface area contributed by atoms with Gasteiger partial charge in [-0.25, -0.2) is 4.79 Å². The number of nitrogens with one attached hydrogen (secondary N) is 3. The van der Waals surface area contributed by atoms with Crippen LogP contribution in [0.1, 0.15) is 24.8 Å². The molecule has 1 aromatic carbocycles. The van der Waals surface area contributed by atoms with Crippen molar-refractivity contribution in [1.29, 1.82) is 0 Å². The third-order valence-corrected chi connectivity index (χ3v) is 4.75. The average Bonchev–Trinajstić information content (AvgIpc) is 2.79. The Hall–Kier alpha value is -4.04. The molecule has 4 amide bonds. The first-order valence-electron chi connectivity index (χ1n) is 10.5. The topological polar surface area (TPSA) is 251 Å². The van der Waals surface area contributed by atoms with Gasteiger partial charge in [-0.15, -0.1) is 0 Å². The second kappa shape index (κ2) is 14.3. The zero-order valence-electron chi connectivity index (χ0n) is 18.7. The lowest BCUT2D eigenvalue weighted by molar-refractivity contribution is -0.143. The highest BCUT2D eigenvalue weighted by Gasteiger charge is 2.30. The molecule has 1 aromatic rings. The number of benzene rings is 1. The summed E-state index contributed by atoms with van der Waals surface area (Å²) in [6.07, 6.45) is -1.50. The van der Waals surface area contributed by atoms with Gasteiger partial charge in [-0.1, -0.05) is 30.3 Å². The standard InChI is InChI=1S/C21H29N5O9/c22-12(9-16(23)28)18(31)24-13(6-7-17(29)30)19(32)25-14(8-11-4-2-1-3-5-11)20(33)26-15(10-27)21(34)35/h1-5,12-15,27H,6-10,22H2,(H2,23,28)(H,24,31)(H,25,32)(H,26,33)(H,29,30)(H,34,35). The van der Waals surface area contributed by atoms with Crippen molar-refractivity contribution in [2.75, 3.05) is 6.61 Å². The monoisotopic (exact) mass is 495 g/mol. The number of carboxylic acids is 2. The van der Waals surface area contributed by atoms with Gasteiger partial charge in [-0.2, -0.15) is 0 Å². The van der Waals surface area contributed by atoms with Gasteiger partial charge in [-0.3, -0.25) is 24.0 Å². The molecule has 10 N–H and O–H groups in total. The number of carbonyl (C=O) groups excluding carboxylic acids is 4. The molecule has 35 heavy (non-hydrogen) atoms. The maximum atomic E-state index is 12.9. The Morgan fingerprint density at radius 1 is 0.829 bits per heavy atom. The van der Waals surface area contributed by atoms with Crippen LogP contribution in [0.15, 0.2) is 30.3 Å². The van der Waals surface area contributed by atoms with Crippen LogP contribution in [0, 0.1) is 0 Å². The molecule has 0 aliphatic heterocycles. The fraction of sp³-hybridized carbons (Fsp3) is 0.429. The van der Waals surface area contributed by atoms with Gasteiger partial charge in [0, 0.05) is 12.8 Å². The molecule has 1 rings (SSSR count). The fourth-order valence-electron chi connectivity index (χ4n) is 2.91. The second-order valence-electron chi connectivity index (χ2n) is 7.60. The number of carboxylic acid groups (broad SMARTS) is 2. The van der Waals surface area contributed by atoms with Crippen LogP contribution in [0.25, 0.3) is 0 Å². The molecule has 0 aliphatic carbocycles. The summed E-state index contributed by atoms with van der Waals surface area (Å²) in [6, 6.07) is 2.56. The molecule has 0 spiro atoms. The Morgan fingerprint density at radius 3 is 1.89 bits per heavy atom. The number of amides is 4. The largest absolute Gasteiger partial charge is 0.481 e. The van der Waals surface area contributed by atoms with Crippen molar-refractivity contribution in [3.8, 4) is 0 Å². The maximum absolute atomic E-state index is 12.9. The van der Waals surface area contributed by atoms with Crippen molar-refractivity contribution in [3.63, 3.8) is 0 Å². The van der Waals surface area contributed by atoms with Crippen LogP contribution in [-0.4, -0.2) is 81.7 Å². The lowest BCUT2D eigenvalue weighted by Gasteiger charge is -2.25. The predicted octanol–water partition coefficient (Wildman–Crippen LogP) is -3.17. The first-order valence-corrected chi connectivity index (χ1v) is 10.5. The molecule has 0 heterocycles. The van der Waals surface area contributed by atoms with E-state index in [2.05, 4.69) is 16.0 Å². The molecule has 4 atom stereocenters. The lowest BCUT2D eigenvalue weighted by atomic mass is 10.0. The van der Waals surface area contributed by atoms with E-state index in [1.54, 1.807) is 30.3 Å². The van der Waals surface area contributed by atoms with E-state index < -0.39 is 79.2 Å². The van der Waals surface area contributed by atoms with Crippen LogP contribution in [-0.2, 0) is 35.2 Å². The van der Waals surface area contributed by atoms with E-state index in [1.807, 2.05) is 0 Å². The van der Waals surface area contributed by atoms with Crippen LogP contribution in [0.2, 0.25) is 0 Å². The van der Waals surface area contributed by atoms with Gasteiger partial charge >= 0.3 is 11.9 Å². The predicted molar refractivity (Wildman–Crippen MR) is 119 cm³/mol. The Labute approximate surface area is 200 Å². The fourth-order valence-corrected chi connectivity index (χ4v) is 2.91. The summed E-state index contributed by atoms with van der Waals surface area (Å²) in [5.41, 5.74) is 11.2. The maximum Gasteiger partial charge on any atom is 0.328 e. The van der Waals surface area contributed by atoms with Crippen LogP contribution in [0.5, 0.6) is 0 Å². The molecule has 0 saturated carbocycles. The zero-order chi connectivity index (χ0) is 26.5. The van der Waals surface area contributed by atoms with Crippen molar-refractivity contribution >= 4 is 35.6 Å². The van der Waals surface area contributed by atoms with Crippen molar-refractivity contribution in [3.05, 3.63) is 35.9 Å². The molecule has 4 unspecified atom stereocenters. The second-order valence-corrected chi connectivity index (χ2v) is 7.60. The first kappa shape index (κ1) is 29.0. The van der Waals surface area contributed by atoms with Crippen molar-refractivity contribution in [1.82, 2.24) is 16.0 Å². The highest BCUT2D eigenvalue weighted by molar-refractivity contribution is 5.95. The summed E-state index contributed by atoms with van der Waals surface area (Å²) in [4.78, 5) is 71.1. The molecule has 0 bridgehead atoms. The Morgan fingerprint density at radius 2 is 1.37 bits per heavy atom. The van der Waals surface area contributed by atoms with E-state index in [4.69, 9.17) is 21.7 Å². The molecular formula is C21H29N5O9. The average molecular weight is 495 g/mol. The van der Waals surface area contributed by atoms with Crippen LogP contribution >= 0.6 is 0 Å². The highest BCUT2D eigenvalue weighted by atomic mass is 16.4. The minimum absolute atomic E-state index is 0.0863. The quantitative estimate of drug-likeness (QED) is 0.121. The molecule has 0 aromatic heterocycles. The molecular weight excluding hydrogens is 466 g/mol. The van der Waals surface area contributed by atoms with Gasteiger partial charge in [0.25, 0.3) is 0 Å². The summed E-state index contributed by atoms with van der Waals surface area (Å²) < 4.78 is 0. The summed E-state index contributed by atoms with van der Waals surface area (Å²) in [7, 11) is 0. The number of hydrogen-bond acceptors (Lipinski definition) is 8. The van der Waals surface area contributed by atoms with Gasteiger partial charge in [-0.05, 0) is 12.0 Å². The molecule has 192 valence electrons. The molecule has 0 saturated heterocycles. The summed E-state index contributed by atoms with van der Waals surface area (Å²) in [6.45, 7) is -0.901. The van der Waals surface area contributed by atoms with Crippen molar-refractivity contribution in [2.24, 2.45) is 11.5 Å². The minimum atomic E-state index is -1.63. The van der Waals surface area contributed by atoms with Gasteiger partial charge < -0.3 is 42.7 Å². The number of aliphatic carboxylic acids is 2. The molecule has 0 radical (unpaired) electrons. The Balaban J connectivity index is 3.10. The number of carbonyl (C=O) groups is 6. The van der Waals surface area contributed by atoms with Crippen LogP contribution in [0.3, 0.4) is 0 Å². The number of aliphatic hydroxyl groups is 1. The van der Waals surface area contributed by atoms with Crippen molar-refractivity contribution < 1.29 is 44.1 Å². The third-order valence-electron chi connectivity index (χ3n) is 4.75. The van der Waals surface area contributed by atoms with E-state index in [0.717, 1.165) is 0 Å². The number of aliphatic hydroxyl groups excluding tert-OH is 1. The molecule has 0 fully saturated rings. The number of nitrogens with two attached hydrogens (primary N) is 2. The van der Waals surface area contributed by atoms with Gasteiger partial charge in [0.15, 0.2) is 0 Å². The summed E-state index contributed by atoms with van der Waals surface area (Å²) >= 11 is 0. The Kier molecular flexibility index (Phi) is 11.8. The Bertz CT molecular complexity index is 925. The SMILES string of the molecule is NC(=O)CC(N)C(=O)NC(CCC(=O)O)C(=O)NC(Cc1ccccc1)C(=O)NC(CO)C(=O)O. The first-order chi connectivity index (χ1) is 16.4. The van der Waals surface area contributed by atoms with E-state index in [9.17, 15) is 33.9 Å². The molecule has 0 aliphatic rings. The van der Waals surface area contributed by atoms with Gasteiger partial charge in [0.1, 0.15) is 18.1 Å². The smallest absolute Gasteiger partial charge is 0.328 e. The number of rotatable bonds is 15. The third kappa shape index (κ3) is 10.6. The van der Waals surface area contributed by atoms with Crippen LogP contribution in [0.4, 0.5) is 0 Å². The van der Waals surface area contributed by atoms with Gasteiger partial charge in [0.05, 0.1) is 19.1 Å². The van der Waals surface area contributed by atoms with Crippen molar-refractivity contribution in [2.45, 2.75) is 49.9 Å². The highest BCUT2D eigenvalue weighted by Crippen LogP contribution is 2.06. The molecule has 14 heteroatoms. The van der Waals surface area contributed by atoms with E-state index >= 15 is 0 Å². The van der Waals surface area contributed by atoms with E-state index in [0.29, 0.717) is 5.56 Å².